The molecule has 0 spiro atoms. The van der Waals surface area contributed by atoms with Gasteiger partial charge in [-0.1, -0.05) is 29.9 Å². The van der Waals surface area contributed by atoms with E-state index in [1.165, 1.54) is 0 Å². The number of carbonyl (C=O) groups is 1. The maximum Gasteiger partial charge on any atom is 0.338 e. The fourth-order valence-electron chi connectivity index (χ4n) is 2.08. The van der Waals surface area contributed by atoms with E-state index < -0.39 is 5.97 Å². The Morgan fingerprint density at radius 2 is 1.84 bits per heavy atom. The van der Waals surface area contributed by atoms with Gasteiger partial charge >= 0.3 is 5.97 Å². The number of hydrogen-bond donors (Lipinski definition) is 2. The average molecular weight is 273 g/mol. The second-order valence-corrected chi connectivity index (χ2v) is 5.10. The number of aryl methyl sites for hydroxylation is 3. The molecule has 0 aliphatic rings. The van der Waals surface area contributed by atoms with Crippen LogP contribution in [0.4, 0.5) is 0 Å². The topological polar surface area (TPSA) is 53.1 Å². The van der Waals surface area contributed by atoms with Crippen LogP contribution in [0.2, 0.25) is 0 Å². The second-order valence-electron chi connectivity index (χ2n) is 4.69. The number of pyridine rings is 1. The molecule has 0 aliphatic carbocycles. The molecule has 4 heteroatoms. The van der Waals surface area contributed by atoms with Crippen LogP contribution >= 0.6 is 12.2 Å². The third kappa shape index (κ3) is 2.58. The lowest BCUT2D eigenvalue weighted by atomic mass is 9.99. The predicted octanol–water partition coefficient (Wildman–Crippen LogP) is 4.03. The van der Waals surface area contributed by atoms with E-state index >= 15 is 0 Å². The maximum absolute atomic E-state index is 11.1. The van der Waals surface area contributed by atoms with Crippen molar-refractivity contribution in [1.29, 1.82) is 0 Å². The van der Waals surface area contributed by atoms with Gasteiger partial charge in [-0.25, -0.2) is 4.79 Å². The first-order chi connectivity index (χ1) is 8.90. The number of aromatic amines is 1. The van der Waals surface area contributed by atoms with E-state index in [9.17, 15) is 4.79 Å². The van der Waals surface area contributed by atoms with E-state index in [1.807, 2.05) is 32.9 Å². The molecule has 0 radical (unpaired) electrons. The molecule has 0 saturated heterocycles. The molecule has 0 atom stereocenters. The van der Waals surface area contributed by atoms with Crippen LogP contribution in [-0.4, -0.2) is 16.1 Å². The number of rotatable bonds is 2. The first-order valence-corrected chi connectivity index (χ1v) is 6.36. The smallest absolute Gasteiger partial charge is 0.338 e. The lowest BCUT2D eigenvalue weighted by Gasteiger charge is -2.11. The summed E-state index contributed by atoms with van der Waals surface area (Å²) in [6, 6.07) is 7.79. The van der Waals surface area contributed by atoms with Crippen molar-refractivity contribution in [1.82, 2.24) is 4.98 Å². The van der Waals surface area contributed by atoms with Gasteiger partial charge < -0.3 is 10.1 Å². The average Bonchev–Trinajstić information content (AvgIpc) is 2.34. The van der Waals surface area contributed by atoms with Gasteiger partial charge in [0.15, 0.2) is 0 Å². The quantitative estimate of drug-likeness (QED) is 0.812. The van der Waals surface area contributed by atoms with Gasteiger partial charge in [0.05, 0.1) is 5.56 Å². The third-order valence-electron chi connectivity index (χ3n) is 3.13. The Hall–Kier alpha value is -1.94. The zero-order valence-corrected chi connectivity index (χ0v) is 11.9. The zero-order valence-electron chi connectivity index (χ0n) is 11.1. The number of benzene rings is 1. The molecule has 0 aliphatic heterocycles. The van der Waals surface area contributed by atoms with Crippen LogP contribution in [0.3, 0.4) is 0 Å². The highest BCUT2D eigenvalue weighted by Gasteiger charge is 2.12. The normalized spacial score (nSPS) is 10.5. The minimum atomic E-state index is -1.00. The van der Waals surface area contributed by atoms with E-state index in [2.05, 4.69) is 11.1 Å². The molecule has 1 aromatic heterocycles. The highest BCUT2D eigenvalue weighted by Crippen LogP contribution is 2.26. The Morgan fingerprint density at radius 3 is 2.47 bits per heavy atom. The summed E-state index contributed by atoms with van der Waals surface area (Å²) in [6.45, 7) is 5.93. The second kappa shape index (κ2) is 4.97. The summed E-state index contributed by atoms with van der Waals surface area (Å²) in [5, 5.41) is 9.06. The molecule has 0 fully saturated rings. The van der Waals surface area contributed by atoms with Crippen molar-refractivity contribution in [2.75, 3.05) is 0 Å². The molecule has 19 heavy (non-hydrogen) atoms. The number of aromatic nitrogens is 1. The lowest BCUT2D eigenvalue weighted by molar-refractivity contribution is 0.0695. The summed E-state index contributed by atoms with van der Waals surface area (Å²) in [7, 11) is 0. The van der Waals surface area contributed by atoms with E-state index in [0.717, 1.165) is 27.9 Å². The molecule has 0 amide bonds. The number of hydrogen-bond acceptors (Lipinski definition) is 2. The SMILES string of the molecule is Cc1ccc(C)c(-c2[nH]c(=S)c(C(=O)O)cc2C)c1. The number of carboxylic acid groups (broad SMARTS) is 1. The number of H-pyrrole nitrogens is 1. The van der Waals surface area contributed by atoms with Gasteiger partial charge in [0, 0.05) is 11.3 Å². The van der Waals surface area contributed by atoms with E-state index in [4.69, 9.17) is 17.3 Å². The van der Waals surface area contributed by atoms with Gasteiger partial charge in [-0.3, -0.25) is 0 Å². The number of aromatic carboxylic acids is 1. The zero-order chi connectivity index (χ0) is 14.2. The summed E-state index contributed by atoms with van der Waals surface area (Å²) in [4.78, 5) is 14.1. The van der Waals surface area contributed by atoms with Crippen molar-refractivity contribution in [2.24, 2.45) is 0 Å². The summed E-state index contributed by atoms with van der Waals surface area (Å²) >= 11 is 5.12. The maximum atomic E-state index is 11.1. The van der Waals surface area contributed by atoms with Crippen LogP contribution in [0.15, 0.2) is 24.3 Å². The molecule has 0 saturated carbocycles. The Balaban J connectivity index is 2.70. The molecule has 1 heterocycles. The van der Waals surface area contributed by atoms with Crippen LogP contribution in [0.5, 0.6) is 0 Å². The van der Waals surface area contributed by atoms with Crippen LogP contribution in [0.25, 0.3) is 11.3 Å². The highest BCUT2D eigenvalue weighted by molar-refractivity contribution is 7.71. The Bertz CT molecular complexity index is 717. The van der Waals surface area contributed by atoms with Gasteiger partial charge in [0.2, 0.25) is 0 Å². The van der Waals surface area contributed by atoms with Crippen LogP contribution in [0, 0.1) is 25.4 Å². The Kier molecular flexibility index (Phi) is 3.53. The summed E-state index contributed by atoms with van der Waals surface area (Å²) < 4.78 is 0.258. The third-order valence-corrected chi connectivity index (χ3v) is 3.45. The highest BCUT2D eigenvalue weighted by atomic mass is 32.1. The molecule has 2 aromatic rings. The minimum absolute atomic E-state index is 0.140. The summed E-state index contributed by atoms with van der Waals surface area (Å²) in [5.74, 6) is -1.00. The van der Waals surface area contributed by atoms with Gasteiger partial charge in [-0.05, 0) is 44.0 Å². The fraction of sp³-hybridized carbons (Fsp3) is 0.200. The minimum Gasteiger partial charge on any atom is -0.478 e. The monoisotopic (exact) mass is 273 g/mol. The number of carboxylic acids is 1. The van der Waals surface area contributed by atoms with E-state index in [0.29, 0.717) is 0 Å². The van der Waals surface area contributed by atoms with Gasteiger partial charge in [-0.15, -0.1) is 0 Å². The van der Waals surface area contributed by atoms with Crippen molar-refractivity contribution >= 4 is 18.2 Å². The van der Waals surface area contributed by atoms with E-state index in [1.54, 1.807) is 6.07 Å². The molecular weight excluding hydrogens is 258 g/mol. The lowest BCUT2D eigenvalue weighted by Crippen LogP contribution is -2.02. The Labute approximate surface area is 116 Å². The fourth-order valence-corrected chi connectivity index (χ4v) is 2.33. The van der Waals surface area contributed by atoms with Crippen molar-refractivity contribution in [3.05, 3.63) is 51.2 Å². The van der Waals surface area contributed by atoms with Crippen LogP contribution in [0.1, 0.15) is 27.0 Å². The first-order valence-electron chi connectivity index (χ1n) is 5.95. The first kappa shape index (κ1) is 13.5. The van der Waals surface area contributed by atoms with Crippen molar-refractivity contribution in [2.45, 2.75) is 20.8 Å². The molecule has 2 rings (SSSR count). The molecule has 2 N–H and O–H groups in total. The largest absolute Gasteiger partial charge is 0.478 e. The number of nitrogens with one attached hydrogen (secondary N) is 1. The molecule has 0 bridgehead atoms. The van der Waals surface area contributed by atoms with Gasteiger partial charge in [0.1, 0.15) is 4.64 Å². The summed E-state index contributed by atoms with van der Waals surface area (Å²) in [5.41, 5.74) is 5.24. The molecule has 1 aromatic carbocycles. The van der Waals surface area contributed by atoms with Crippen molar-refractivity contribution in [3.8, 4) is 11.3 Å². The predicted molar refractivity (Wildman–Crippen MR) is 78.2 cm³/mol. The van der Waals surface area contributed by atoms with Gasteiger partial charge in [-0.2, -0.15) is 0 Å². The van der Waals surface area contributed by atoms with Crippen molar-refractivity contribution in [3.63, 3.8) is 0 Å². The van der Waals surface area contributed by atoms with Crippen molar-refractivity contribution < 1.29 is 9.90 Å². The molecular formula is C15H15NO2S. The van der Waals surface area contributed by atoms with E-state index in [-0.39, 0.29) is 10.2 Å². The molecule has 0 unspecified atom stereocenters. The standard InChI is InChI=1S/C15H15NO2S/c1-8-4-5-9(2)11(6-8)13-10(3)7-12(15(17)18)14(19)16-13/h4-7H,1-3H3,(H,16,19)(H,17,18). The van der Waals surface area contributed by atoms with Gasteiger partial charge in [0.25, 0.3) is 0 Å². The van der Waals surface area contributed by atoms with Crippen LogP contribution in [-0.2, 0) is 0 Å². The van der Waals surface area contributed by atoms with Crippen LogP contribution < -0.4 is 0 Å². The summed E-state index contributed by atoms with van der Waals surface area (Å²) in [6.07, 6.45) is 0. The molecule has 3 nitrogen and oxygen atoms in total. The Morgan fingerprint density at radius 1 is 1.16 bits per heavy atom. The molecule has 98 valence electrons.